The van der Waals surface area contributed by atoms with Crippen LogP contribution in [0.4, 0.5) is 0 Å². The van der Waals surface area contributed by atoms with E-state index >= 15 is 0 Å². The summed E-state index contributed by atoms with van der Waals surface area (Å²) in [5.74, 6) is 0. The Morgan fingerprint density at radius 3 is 2.69 bits per heavy atom. The van der Waals surface area contributed by atoms with E-state index in [9.17, 15) is 0 Å². The van der Waals surface area contributed by atoms with Crippen LogP contribution in [0.3, 0.4) is 0 Å². The van der Waals surface area contributed by atoms with Crippen LogP contribution < -0.4 is 0 Å². The maximum Gasteiger partial charge on any atom is 0.278 e. The molecule has 0 fully saturated rings. The SMILES string of the molecule is C[Si](C)(C)O/N=C/c1cnccn1. The second-order valence-electron chi connectivity index (χ2n) is 3.57. The van der Waals surface area contributed by atoms with Gasteiger partial charge in [0.1, 0.15) is 5.69 Å². The fourth-order valence-corrected chi connectivity index (χ4v) is 0.985. The Morgan fingerprint density at radius 1 is 1.38 bits per heavy atom. The number of rotatable bonds is 3. The van der Waals surface area contributed by atoms with Crippen molar-refractivity contribution in [2.45, 2.75) is 19.6 Å². The maximum atomic E-state index is 5.27. The summed E-state index contributed by atoms with van der Waals surface area (Å²) >= 11 is 0. The molecule has 1 aromatic rings. The van der Waals surface area contributed by atoms with Gasteiger partial charge in [0, 0.05) is 12.4 Å². The first kappa shape index (κ1) is 9.85. The molecule has 0 aromatic carbocycles. The van der Waals surface area contributed by atoms with Crippen LogP contribution in [-0.4, -0.2) is 24.5 Å². The van der Waals surface area contributed by atoms with E-state index in [1.807, 2.05) is 0 Å². The molecule has 1 heterocycles. The van der Waals surface area contributed by atoms with E-state index in [1.54, 1.807) is 24.8 Å². The second kappa shape index (κ2) is 4.13. The third kappa shape index (κ3) is 4.37. The molecule has 0 aliphatic heterocycles. The van der Waals surface area contributed by atoms with Crippen molar-refractivity contribution in [2.75, 3.05) is 0 Å². The zero-order valence-corrected chi connectivity index (χ0v) is 9.06. The van der Waals surface area contributed by atoms with Crippen molar-refractivity contribution in [3.63, 3.8) is 0 Å². The molecule has 0 unspecified atom stereocenters. The van der Waals surface area contributed by atoms with Crippen LogP contribution in [0, 0.1) is 0 Å². The van der Waals surface area contributed by atoms with Crippen molar-refractivity contribution >= 4 is 14.5 Å². The Morgan fingerprint density at radius 2 is 2.15 bits per heavy atom. The van der Waals surface area contributed by atoms with Crippen LogP contribution in [0.25, 0.3) is 0 Å². The molecular weight excluding hydrogens is 182 g/mol. The molecule has 0 N–H and O–H groups in total. The van der Waals surface area contributed by atoms with E-state index in [4.69, 9.17) is 4.53 Å². The van der Waals surface area contributed by atoms with Gasteiger partial charge in [-0.1, -0.05) is 0 Å². The van der Waals surface area contributed by atoms with Gasteiger partial charge in [0.25, 0.3) is 8.32 Å². The fraction of sp³-hybridized carbons (Fsp3) is 0.375. The molecule has 0 aliphatic rings. The maximum absolute atomic E-state index is 5.27. The Balaban J connectivity index is 2.51. The van der Waals surface area contributed by atoms with Gasteiger partial charge in [0.2, 0.25) is 0 Å². The Bertz CT molecular complexity index is 281. The lowest BCUT2D eigenvalue weighted by Crippen LogP contribution is -2.22. The summed E-state index contributed by atoms with van der Waals surface area (Å²) in [4.78, 5) is 7.92. The van der Waals surface area contributed by atoms with Gasteiger partial charge in [-0.05, 0) is 19.6 Å². The quantitative estimate of drug-likeness (QED) is 0.418. The third-order valence-corrected chi connectivity index (χ3v) is 1.75. The highest BCUT2D eigenvalue weighted by Gasteiger charge is 2.15. The molecule has 0 amide bonds. The summed E-state index contributed by atoms with van der Waals surface area (Å²) in [7, 11) is -1.56. The van der Waals surface area contributed by atoms with Crippen molar-refractivity contribution in [3.05, 3.63) is 24.3 Å². The Labute approximate surface area is 78.8 Å². The number of oxime groups is 1. The number of nitrogens with zero attached hydrogens (tertiary/aromatic N) is 3. The monoisotopic (exact) mass is 195 g/mol. The molecule has 13 heavy (non-hydrogen) atoms. The standard InChI is InChI=1S/C8H13N3OSi/c1-13(2,3)12-11-7-8-6-9-4-5-10-8/h4-7H,1-3H3/b11-7+. The van der Waals surface area contributed by atoms with Gasteiger partial charge in [-0.25, -0.2) is 0 Å². The van der Waals surface area contributed by atoms with Crippen LogP contribution in [0.2, 0.25) is 19.6 Å². The smallest absolute Gasteiger partial charge is 0.278 e. The highest BCUT2D eigenvalue weighted by molar-refractivity contribution is 6.69. The first-order chi connectivity index (χ1) is 6.08. The van der Waals surface area contributed by atoms with Gasteiger partial charge in [0.05, 0.1) is 12.4 Å². The molecule has 0 bridgehead atoms. The predicted octanol–water partition coefficient (Wildman–Crippen LogP) is 1.66. The van der Waals surface area contributed by atoms with Crippen molar-refractivity contribution < 1.29 is 4.53 Å². The third-order valence-electron chi connectivity index (χ3n) is 1.09. The highest BCUT2D eigenvalue weighted by Crippen LogP contribution is 2.02. The second-order valence-corrected chi connectivity index (χ2v) is 7.98. The summed E-state index contributed by atoms with van der Waals surface area (Å²) in [6.07, 6.45) is 6.45. The Hall–Kier alpha value is -1.23. The summed E-state index contributed by atoms with van der Waals surface area (Å²) in [6.45, 7) is 6.21. The van der Waals surface area contributed by atoms with Crippen molar-refractivity contribution in [1.82, 2.24) is 9.97 Å². The van der Waals surface area contributed by atoms with Crippen LogP contribution in [0.1, 0.15) is 5.69 Å². The van der Waals surface area contributed by atoms with Crippen molar-refractivity contribution in [2.24, 2.45) is 5.16 Å². The molecule has 0 radical (unpaired) electrons. The van der Waals surface area contributed by atoms with E-state index in [0.717, 1.165) is 0 Å². The summed E-state index contributed by atoms with van der Waals surface area (Å²) in [5.41, 5.74) is 0.709. The highest BCUT2D eigenvalue weighted by atomic mass is 28.4. The summed E-state index contributed by atoms with van der Waals surface area (Å²) < 4.78 is 5.27. The molecule has 0 atom stereocenters. The minimum atomic E-state index is -1.56. The normalized spacial score (nSPS) is 11.9. The van der Waals surface area contributed by atoms with E-state index in [-0.39, 0.29) is 0 Å². The lowest BCUT2D eigenvalue weighted by molar-refractivity contribution is 0.338. The minimum Gasteiger partial charge on any atom is -0.456 e. The van der Waals surface area contributed by atoms with Gasteiger partial charge >= 0.3 is 0 Å². The van der Waals surface area contributed by atoms with E-state index < -0.39 is 8.32 Å². The van der Waals surface area contributed by atoms with Gasteiger partial charge in [0.15, 0.2) is 0 Å². The first-order valence-corrected chi connectivity index (χ1v) is 7.46. The van der Waals surface area contributed by atoms with Gasteiger partial charge in [-0.2, -0.15) is 0 Å². The Kier molecular flexibility index (Phi) is 3.13. The number of aromatic nitrogens is 2. The zero-order chi connectivity index (χ0) is 9.73. The van der Waals surface area contributed by atoms with E-state index in [2.05, 4.69) is 34.8 Å². The lowest BCUT2D eigenvalue weighted by atomic mass is 10.5. The van der Waals surface area contributed by atoms with Gasteiger partial charge in [-0.3, -0.25) is 9.97 Å². The fourth-order valence-electron chi connectivity index (χ4n) is 0.616. The zero-order valence-electron chi connectivity index (χ0n) is 8.06. The van der Waals surface area contributed by atoms with E-state index in [0.29, 0.717) is 5.69 Å². The van der Waals surface area contributed by atoms with Crippen LogP contribution >= 0.6 is 0 Å². The molecule has 0 saturated heterocycles. The average molecular weight is 195 g/mol. The summed E-state index contributed by atoms with van der Waals surface area (Å²) in [6, 6.07) is 0. The molecule has 1 aromatic heterocycles. The van der Waals surface area contributed by atoms with Crippen molar-refractivity contribution in [1.29, 1.82) is 0 Å². The molecular formula is C8H13N3OSi. The van der Waals surface area contributed by atoms with Crippen LogP contribution in [-0.2, 0) is 4.53 Å². The van der Waals surface area contributed by atoms with Gasteiger partial charge in [-0.15, -0.1) is 5.16 Å². The summed E-state index contributed by atoms with van der Waals surface area (Å²) in [5, 5.41) is 3.85. The molecule has 70 valence electrons. The van der Waals surface area contributed by atoms with Gasteiger partial charge < -0.3 is 4.53 Å². The molecule has 0 aliphatic carbocycles. The average Bonchev–Trinajstić information content (AvgIpc) is 2.04. The van der Waals surface area contributed by atoms with Crippen molar-refractivity contribution in [3.8, 4) is 0 Å². The van der Waals surface area contributed by atoms with Crippen LogP contribution in [0.5, 0.6) is 0 Å². The molecule has 0 saturated carbocycles. The lowest BCUT2D eigenvalue weighted by Gasteiger charge is -2.11. The van der Waals surface area contributed by atoms with E-state index in [1.165, 1.54) is 0 Å². The number of hydrogen-bond donors (Lipinski definition) is 0. The molecule has 1 rings (SSSR count). The van der Waals surface area contributed by atoms with Crippen LogP contribution in [0.15, 0.2) is 23.7 Å². The first-order valence-electron chi connectivity index (χ1n) is 4.05. The predicted molar refractivity (Wildman–Crippen MR) is 54.1 cm³/mol. The minimum absolute atomic E-state index is 0.709. The largest absolute Gasteiger partial charge is 0.456 e. The molecule has 4 nitrogen and oxygen atoms in total. The molecule has 5 heteroatoms. The molecule has 0 spiro atoms. The topological polar surface area (TPSA) is 47.4 Å². The number of hydrogen-bond acceptors (Lipinski definition) is 4.